The van der Waals surface area contributed by atoms with E-state index in [1.807, 2.05) is 34.9 Å². The molecule has 3 rings (SSSR count). The molecular weight excluding hydrogens is 196 g/mol. The number of nitrogens with zero attached hydrogens (tertiary/aromatic N) is 3. The zero-order chi connectivity index (χ0) is 9.54. The van der Waals surface area contributed by atoms with E-state index in [1.165, 1.54) is 0 Å². The average Bonchev–Trinajstić information content (AvgIpc) is 2.18. The normalized spacial score (nSPS) is 12.9. The Morgan fingerprint density at radius 1 is 1.29 bits per heavy atom. The lowest BCUT2D eigenvalue weighted by atomic mass is 10.3. The van der Waals surface area contributed by atoms with Crippen molar-refractivity contribution in [2.24, 2.45) is 0 Å². The molecule has 0 saturated carbocycles. The standard InChI is InChI=1S/C9H6N4S/c14-9-11-7-3-1-2-6-4-5-10-8(12-9)13(6)7/h1-5H,(H,10,11,12,14). The van der Waals surface area contributed by atoms with E-state index in [1.54, 1.807) is 0 Å². The van der Waals surface area contributed by atoms with Gasteiger partial charge in [0.05, 0.1) is 5.69 Å². The third-order valence-electron chi connectivity index (χ3n) is 2.09. The molecule has 5 heteroatoms. The third-order valence-corrected chi connectivity index (χ3v) is 2.27. The summed E-state index contributed by atoms with van der Waals surface area (Å²) in [5.74, 6) is 0.720. The van der Waals surface area contributed by atoms with Gasteiger partial charge in [-0.3, -0.25) is 4.40 Å². The Morgan fingerprint density at radius 2 is 2.21 bits per heavy atom. The summed E-state index contributed by atoms with van der Waals surface area (Å²) in [5, 5.41) is 3.03. The lowest BCUT2D eigenvalue weighted by Crippen LogP contribution is -2.09. The van der Waals surface area contributed by atoms with E-state index in [0.29, 0.717) is 4.77 Å². The maximum atomic E-state index is 4.96. The van der Waals surface area contributed by atoms with Crippen molar-refractivity contribution in [2.75, 3.05) is 5.32 Å². The van der Waals surface area contributed by atoms with E-state index in [0.717, 1.165) is 17.3 Å². The predicted octanol–water partition coefficient (Wildman–Crippen LogP) is 1.85. The smallest absolute Gasteiger partial charge is 0.224 e. The van der Waals surface area contributed by atoms with Crippen molar-refractivity contribution in [3.05, 3.63) is 34.9 Å². The van der Waals surface area contributed by atoms with E-state index in [9.17, 15) is 0 Å². The SMILES string of the molecule is S=c1nc2n3c(cccc3n1)C=CN2. The molecule has 68 valence electrons. The van der Waals surface area contributed by atoms with Crippen molar-refractivity contribution >= 4 is 29.9 Å². The zero-order valence-corrected chi connectivity index (χ0v) is 7.95. The van der Waals surface area contributed by atoms with Crippen LogP contribution in [-0.2, 0) is 0 Å². The topological polar surface area (TPSA) is 42.2 Å². The van der Waals surface area contributed by atoms with Crippen LogP contribution in [0, 0.1) is 4.77 Å². The van der Waals surface area contributed by atoms with Gasteiger partial charge in [0.25, 0.3) is 0 Å². The molecule has 0 saturated heterocycles. The highest BCUT2D eigenvalue weighted by Gasteiger charge is 2.07. The monoisotopic (exact) mass is 202 g/mol. The van der Waals surface area contributed by atoms with Gasteiger partial charge in [-0.1, -0.05) is 6.07 Å². The Kier molecular flexibility index (Phi) is 1.43. The molecule has 4 nitrogen and oxygen atoms in total. The first-order valence-electron chi connectivity index (χ1n) is 4.17. The van der Waals surface area contributed by atoms with Gasteiger partial charge in [0.15, 0.2) is 0 Å². The minimum Gasteiger partial charge on any atom is -0.332 e. The molecule has 0 unspecified atom stereocenters. The van der Waals surface area contributed by atoms with E-state index < -0.39 is 0 Å². The molecule has 0 spiro atoms. The van der Waals surface area contributed by atoms with Crippen molar-refractivity contribution in [2.45, 2.75) is 0 Å². The summed E-state index contributed by atoms with van der Waals surface area (Å²) in [6, 6.07) is 5.86. The van der Waals surface area contributed by atoms with E-state index in [-0.39, 0.29) is 0 Å². The maximum Gasteiger partial charge on any atom is 0.224 e. The second-order valence-corrected chi connectivity index (χ2v) is 3.32. The lowest BCUT2D eigenvalue weighted by Gasteiger charge is -2.13. The van der Waals surface area contributed by atoms with Gasteiger partial charge in [0.2, 0.25) is 10.7 Å². The van der Waals surface area contributed by atoms with Gasteiger partial charge in [-0.25, -0.2) is 4.98 Å². The average molecular weight is 202 g/mol. The van der Waals surface area contributed by atoms with Crippen LogP contribution in [0.3, 0.4) is 0 Å². The second kappa shape index (κ2) is 2.62. The van der Waals surface area contributed by atoms with E-state index in [4.69, 9.17) is 12.2 Å². The van der Waals surface area contributed by atoms with Crippen LogP contribution in [0.25, 0.3) is 11.7 Å². The van der Waals surface area contributed by atoms with Crippen LogP contribution in [-0.4, -0.2) is 14.4 Å². The van der Waals surface area contributed by atoms with Crippen molar-refractivity contribution < 1.29 is 0 Å². The van der Waals surface area contributed by atoms with Crippen molar-refractivity contribution in [3.63, 3.8) is 0 Å². The molecule has 3 heterocycles. The van der Waals surface area contributed by atoms with Crippen molar-refractivity contribution in [1.82, 2.24) is 14.4 Å². The summed E-state index contributed by atoms with van der Waals surface area (Å²) < 4.78 is 2.29. The van der Waals surface area contributed by atoms with Crippen molar-refractivity contribution in [3.8, 4) is 0 Å². The highest BCUT2D eigenvalue weighted by Crippen LogP contribution is 2.16. The van der Waals surface area contributed by atoms with Crippen LogP contribution in [0.1, 0.15) is 5.69 Å². The Bertz CT molecular complexity index is 599. The van der Waals surface area contributed by atoms with Gasteiger partial charge >= 0.3 is 0 Å². The number of aromatic nitrogens is 3. The molecular formula is C9H6N4S. The first-order chi connectivity index (χ1) is 6.84. The van der Waals surface area contributed by atoms with E-state index in [2.05, 4.69) is 15.3 Å². The molecule has 2 aromatic rings. The number of hydrogen-bond acceptors (Lipinski definition) is 4. The van der Waals surface area contributed by atoms with Gasteiger partial charge in [0.1, 0.15) is 5.65 Å². The molecule has 0 amide bonds. The molecule has 0 aromatic carbocycles. The molecule has 0 bridgehead atoms. The van der Waals surface area contributed by atoms with Crippen molar-refractivity contribution in [1.29, 1.82) is 0 Å². The van der Waals surface area contributed by atoms with Gasteiger partial charge in [-0.2, -0.15) is 4.98 Å². The molecule has 1 aliphatic rings. The largest absolute Gasteiger partial charge is 0.332 e. The van der Waals surface area contributed by atoms with Crippen LogP contribution in [0.15, 0.2) is 24.4 Å². The van der Waals surface area contributed by atoms with Crippen LogP contribution >= 0.6 is 12.2 Å². The van der Waals surface area contributed by atoms with Gasteiger partial charge in [-0.15, -0.1) is 0 Å². The maximum absolute atomic E-state index is 4.96. The fourth-order valence-corrected chi connectivity index (χ4v) is 1.70. The molecule has 1 N–H and O–H groups in total. The summed E-state index contributed by atoms with van der Waals surface area (Å²) in [5.41, 5.74) is 1.86. The zero-order valence-electron chi connectivity index (χ0n) is 7.14. The fourth-order valence-electron chi connectivity index (χ4n) is 1.52. The summed E-state index contributed by atoms with van der Waals surface area (Å²) in [7, 11) is 0. The minimum absolute atomic E-state index is 0.361. The fraction of sp³-hybridized carbons (Fsp3) is 0. The van der Waals surface area contributed by atoms with Crippen LogP contribution in [0.5, 0.6) is 0 Å². The molecule has 14 heavy (non-hydrogen) atoms. The number of hydrogen-bond donors (Lipinski definition) is 1. The highest BCUT2D eigenvalue weighted by atomic mass is 32.1. The number of rotatable bonds is 0. The summed E-state index contributed by atoms with van der Waals surface area (Å²) in [4.78, 5) is 8.31. The van der Waals surface area contributed by atoms with Gasteiger partial charge < -0.3 is 5.32 Å². The minimum atomic E-state index is 0.361. The molecule has 2 aromatic heterocycles. The quantitative estimate of drug-likeness (QED) is 0.662. The number of pyridine rings is 1. The first kappa shape index (κ1) is 7.64. The Morgan fingerprint density at radius 3 is 3.14 bits per heavy atom. The molecule has 0 aliphatic carbocycles. The second-order valence-electron chi connectivity index (χ2n) is 2.95. The van der Waals surface area contributed by atoms with Gasteiger partial charge in [0, 0.05) is 6.20 Å². The molecule has 0 radical (unpaired) electrons. The van der Waals surface area contributed by atoms with Gasteiger partial charge in [-0.05, 0) is 30.4 Å². The summed E-state index contributed by atoms with van der Waals surface area (Å²) in [6.45, 7) is 0. The Labute approximate surface area is 84.9 Å². The van der Waals surface area contributed by atoms with Crippen LogP contribution < -0.4 is 5.32 Å². The Balaban J connectivity index is 2.59. The summed E-state index contributed by atoms with van der Waals surface area (Å²) in [6.07, 6.45) is 3.80. The summed E-state index contributed by atoms with van der Waals surface area (Å²) >= 11 is 4.96. The van der Waals surface area contributed by atoms with Crippen LogP contribution in [0.4, 0.5) is 5.95 Å². The predicted molar refractivity (Wildman–Crippen MR) is 56.5 cm³/mol. The first-order valence-corrected chi connectivity index (χ1v) is 4.58. The third kappa shape index (κ3) is 0.958. The lowest BCUT2D eigenvalue weighted by molar-refractivity contribution is 0.982. The highest BCUT2D eigenvalue weighted by molar-refractivity contribution is 7.71. The molecule has 1 aliphatic heterocycles. The van der Waals surface area contributed by atoms with E-state index >= 15 is 0 Å². The number of nitrogens with one attached hydrogen (secondary N) is 1. The molecule has 0 fully saturated rings. The van der Waals surface area contributed by atoms with Crippen LogP contribution in [0.2, 0.25) is 0 Å². The molecule has 0 atom stereocenters. The number of anilines is 1. The Hall–Kier alpha value is -1.75.